The third-order valence-electron chi connectivity index (χ3n) is 2.41. The number of alkyl halides is 1. The minimum Gasteiger partial charge on any atom is -0.399 e. The van der Waals surface area contributed by atoms with Gasteiger partial charge < -0.3 is 4.84 Å². The monoisotopic (exact) mass is 324 g/mol. The van der Waals surface area contributed by atoms with Crippen LogP contribution in [0.15, 0.2) is 35.5 Å². The van der Waals surface area contributed by atoms with E-state index in [1.165, 1.54) is 0 Å². The lowest BCUT2D eigenvalue weighted by Gasteiger charge is -1.98. The van der Waals surface area contributed by atoms with E-state index in [0.29, 0.717) is 5.33 Å². The van der Waals surface area contributed by atoms with Gasteiger partial charge in [0, 0.05) is 5.56 Å². The standard InChI is InChI=1S/C13H13BrN2OS/c1-9-12(11(8-14)16-17-2)18-13(15-9)10-6-4-3-5-7-10/h3-7H,8H2,1-2H3/b16-11+. The predicted molar refractivity (Wildman–Crippen MR) is 79.6 cm³/mol. The number of benzene rings is 1. The number of thiazole rings is 1. The highest BCUT2D eigenvalue weighted by Gasteiger charge is 2.14. The van der Waals surface area contributed by atoms with Gasteiger partial charge in [-0.2, -0.15) is 0 Å². The molecule has 1 aromatic heterocycles. The van der Waals surface area contributed by atoms with Gasteiger partial charge in [0.15, 0.2) is 0 Å². The lowest BCUT2D eigenvalue weighted by molar-refractivity contribution is 0.213. The van der Waals surface area contributed by atoms with Crippen LogP contribution in [-0.2, 0) is 4.84 Å². The van der Waals surface area contributed by atoms with Gasteiger partial charge in [0.05, 0.1) is 15.9 Å². The molecule has 0 radical (unpaired) electrons. The normalized spacial score (nSPS) is 11.6. The molecule has 0 spiro atoms. The van der Waals surface area contributed by atoms with Gasteiger partial charge >= 0.3 is 0 Å². The molecule has 18 heavy (non-hydrogen) atoms. The molecule has 2 rings (SSSR count). The third-order valence-corrected chi connectivity index (χ3v) is 4.19. The van der Waals surface area contributed by atoms with Crippen molar-refractivity contribution in [3.05, 3.63) is 40.9 Å². The second kappa shape index (κ2) is 6.11. The minimum absolute atomic E-state index is 0.651. The quantitative estimate of drug-likeness (QED) is 0.486. The van der Waals surface area contributed by atoms with E-state index < -0.39 is 0 Å². The second-order valence-corrected chi connectivity index (χ2v) is 5.21. The Kier molecular flexibility index (Phi) is 4.49. The zero-order chi connectivity index (χ0) is 13.0. The van der Waals surface area contributed by atoms with Gasteiger partial charge in [0.25, 0.3) is 0 Å². The summed E-state index contributed by atoms with van der Waals surface area (Å²) in [4.78, 5) is 10.5. The van der Waals surface area contributed by atoms with Crippen molar-refractivity contribution in [3.63, 3.8) is 0 Å². The summed E-state index contributed by atoms with van der Waals surface area (Å²) in [6.07, 6.45) is 0. The number of aromatic nitrogens is 1. The summed E-state index contributed by atoms with van der Waals surface area (Å²) in [6.45, 7) is 1.99. The molecule has 0 atom stereocenters. The van der Waals surface area contributed by atoms with E-state index in [0.717, 1.165) is 26.9 Å². The summed E-state index contributed by atoms with van der Waals surface area (Å²) in [6, 6.07) is 10.1. The van der Waals surface area contributed by atoms with Gasteiger partial charge in [0.1, 0.15) is 17.8 Å². The molecular weight excluding hydrogens is 312 g/mol. The second-order valence-electron chi connectivity index (χ2n) is 3.65. The number of oxime groups is 1. The molecule has 0 saturated carbocycles. The molecule has 0 saturated heterocycles. The van der Waals surface area contributed by atoms with Crippen LogP contribution in [0.5, 0.6) is 0 Å². The van der Waals surface area contributed by atoms with Crippen LogP contribution in [0.4, 0.5) is 0 Å². The van der Waals surface area contributed by atoms with Crippen molar-refractivity contribution in [1.29, 1.82) is 0 Å². The maximum absolute atomic E-state index is 4.86. The van der Waals surface area contributed by atoms with Crippen LogP contribution in [-0.4, -0.2) is 23.1 Å². The van der Waals surface area contributed by atoms with E-state index in [9.17, 15) is 0 Å². The van der Waals surface area contributed by atoms with Crippen LogP contribution in [0.1, 0.15) is 10.6 Å². The Morgan fingerprint density at radius 3 is 2.72 bits per heavy atom. The number of halogens is 1. The maximum atomic E-state index is 4.86. The molecule has 5 heteroatoms. The van der Waals surface area contributed by atoms with Crippen LogP contribution < -0.4 is 0 Å². The van der Waals surface area contributed by atoms with Crippen LogP contribution >= 0.6 is 27.3 Å². The van der Waals surface area contributed by atoms with Crippen LogP contribution in [0, 0.1) is 6.92 Å². The first-order chi connectivity index (χ1) is 8.76. The molecule has 1 heterocycles. The molecule has 0 amide bonds. The first kappa shape index (κ1) is 13.2. The van der Waals surface area contributed by atoms with E-state index in [4.69, 9.17) is 4.84 Å². The summed E-state index contributed by atoms with van der Waals surface area (Å²) >= 11 is 5.05. The van der Waals surface area contributed by atoms with Gasteiger partial charge in [0.2, 0.25) is 0 Å². The molecule has 0 aliphatic heterocycles. The van der Waals surface area contributed by atoms with Gasteiger partial charge in [-0.1, -0.05) is 51.4 Å². The highest BCUT2D eigenvalue weighted by Crippen LogP contribution is 2.28. The van der Waals surface area contributed by atoms with Crippen molar-refractivity contribution >= 4 is 33.0 Å². The molecule has 1 aromatic carbocycles. The topological polar surface area (TPSA) is 34.5 Å². The van der Waals surface area contributed by atoms with Gasteiger partial charge in [-0.25, -0.2) is 4.98 Å². The van der Waals surface area contributed by atoms with Gasteiger partial charge in [-0.05, 0) is 6.92 Å². The molecule has 0 aliphatic carbocycles. The van der Waals surface area contributed by atoms with Crippen molar-refractivity contribution in [2.45, 2.75) is 6.92 Å². The summed E-state index contributed by atoms with van der Waals surface area (Å²) in [5.74, 6) is 0. The number of hydrogen-bond donors (Lipinski definition) is 0. The third kappa shape index (κ3) is 2.79. The highest BCUT2D eigenvalue weighted by molar-refractivity contribution is 9.09. The fourth-order valence-corrected chi connectivity index (χ4v) is 3.22. The molecule has 0 N–H and O–H groups in total. The van der Waals surface area contributed by atoms with Crippen molar-refractivity contribution in [1.82, 2.24) is 4.98 Å². The first-order valence-corrected chi connectivity index (χ1v) is 7.39. The van der Waals surface area contributed by atoms with Crippen LogP contribution in [0.2, 0.25) is 0 Å². The van der Waals surface area contributed by atoms with Crippen molar-refractivity contribution in [3.8, 4) is 10.6 Å². The summed E-state index contributed by atoms with van der Waals surface area (Å²) in [7, 11) is 1.55. The predicted octanol–water partition coefficient (Wildman–Crippen LogP) is 3.86. The smallest absolute Gasteiger partial charge is 0.124 e. The van der Waals surface area contributed by atoms with E-state index in [2.05, 4.69) is 38.2 Å². The maximum Gasteiger partial charge on any atom is 0.124 e. The number of aryl methyl sites for hydroxylation is 1. The molecule has 0 aliphatic rings. The number of nitrogens with zero attached hydrogens (tertiary/aromatic N) is 2. The molecule has 0 unspecified atom stereocenters. The Morgan fingerprint density at radius 1 is 1.39 bits per heavy atom. The Bertz CT molecular complexity index is 551. The molecule has 3 nitrogen and oxygen atoms in total. The van der Waals surface area contributed by atoms with Gasteiger partial charge in [-0.15, -0.1) is 11.3 Å². The Balaban J connectivity index is 2.41. The Morgan fingerprint density at radius 2 is 2.11 bits per heavy atom. The minimum atomic E-state index is 0.651. The van der Waals surface area contributed by atoms with Crippen molar-refractivity contribution in [2.24, 2.45) is 5.16 Å². The molecular formula is C13H13BrN2OS. The van der Waals surface area contributed by atoms with E-state index in [-0.39, 0.29) is 0 Å². The lowest BCUT2D eigenvalue weighted by atomic mass is 10.2. The van der Waals surface area contributed by atoms with Crippen LogP contribution in [0.25, 0.3) is 10.6 Å². The summed E-state index contributed by atoms with van der Waals surface area (Å²) in [5, 5.41) is 5.68. The zero-order valence-corrected chi connectivity index (χ0v) is 12.6. The van der Waals surface area contributed by atoms with Crippen molar-refractivity contribution < 1.29 is 4.84 Å². The fourth-order valence-electron chi connectivity index (χ4n) is 1.61. The lowest BCUT2D eigenvalue weighted by Crippen LogP contribution is -2.02. The Labute approximate surface area is 119 Å². The summed E-state index contributed by atoms with van der Waals surface area (Å²) < 4.78 is 0. The summed E-state index contributed by atoms with van der Waals surface area (Å²) in [5.41, 5.74) is 2.98. The fraction of sp³-hybridized carbons (Fsp3) is 0.231. The largest absolute Gasteiger partial charge is 0.399 e. The average Bonchev–Trinajstić information content (AvgIpc) is 2.79. The van der Waals surface area contributed by atoms with Gasteiger partial charge in [-0.3, -0.25) is 0 Å². The van der Waals surface area contributed by atoms with Crippen molar-refractivity contribution in [2.75, 3.05) is 12.4 Å². The molecule has 94 valence electrons. The zero-order valence-electron chi connectivity index (χ0n) is 10.2. The van der Waals surface area contributed by atoms with E-state index in [1.807, 2.05) is 25.1 Å². The molecule has 2 aromatic rings. The first-order valence-electron chi connectivity index (χ1n) is 5.45. The average molecular weight is 325 g/mol. The number of hydrogen-bond acceptors (Lipinski definition) is 4. The van der Waals surface area contributed by atoms with E-state index >= 15 is 0 Å². The van der Waals surface area contributed by atoms with Crippen LogP contribution in [0.3, 0.4) is 0 Å². The van der Waals surface area contributed by atoms with E-state index in [1.54, 1.807) is 18.4 Å². The SMILES string of the molecule is CO/N=C(\CBr)c1sc(-c2ccccc2)nc1C. The number of rotatable bonds is 4. The Hall–Kier alpha value is -1.20. The highest BCUT2D eigenvalue weighted by atomic mass is 79.9. The molecule has 0 fully saturated rings. The molecule has 0 bridgehead atoms.